The van der Waals surface area contributed by atoms with Crippen LogP contribution in [0.5, 0.6) is 0 Å². The average Bonchev–Trinajstić information content (AvgIpc) is 3.30. The standard InChI is InChI=1S/C60H119NO3/c1-3-5-7-9-11-13-15-17-19-21-23-25-27-28-29-30-31-32-34-36-38-40-42-44-46-48-50-52-54-56-60(64)61-58(57-62)59(63)55-53-51-49-47-45-43-41-39-37-35-33-26-24-22-20-18-16-14-12-10-8-6-4-2/h53,55,58-59,62-63H,3-52,54,56-57H2,1-2H3,(H,61,64)/b55-53+. The van der Waals surface area contributed by atoms with Gasteiger partial charge in [0.25, 0.3) is 0 Å². The first-order valence-corrected chi connectivity index (χ1v) is 29.9. The number of amides is 1. The third-order valence-corrected chi connectivity index (χ3v) is 14.3. The van der Waals surface area contributed by atoms with E-state index in [9.17, 15) is 15.0 Å². The molecule has 0 aromatic rings. The highest BCUT2D eigenvalue weighted by atomic mass is 16.3. The van der Waals surface area contributed by atoms with Gasteiger partial charge >= 0.3 is 0 Å². The predicted molar refractivity (Wildman–Crippen MR) is 286 cm³/mol. The van der Waals surface area contributed by atoms with Crippen LogP contribution >= 0.6 is 0 Å². The van der Waals surface area contributed by atoms with Crippen LogP contribution in [-0.2, 0) is 4.79 Å². The Balaban J connectivity index is 3.42. The maximum atomic E-state index is 12.5. The zero-order valence-corrected chi connectivity index (χ0v) is 44.1. The number of aliphatic hydroxyl groups excluding tert-OH is 2. The van der Waals surface area contributed by atoms with Crippen molar-refractivity contribution < 1.29 is 15.0 Å². The number of hydrogen-bond donors (Lipinski definition) is 3. The molecule has 1 amide bonds. The van der Waals surface area contributed by atoms with E-state index >= 15 is 0 Å². The molecule has 4 heteroatoms. The first-order chi connectivity index (χ1) is 31.7. The minimum absolute atomic E-state index is 0.0548. The van der Waals surface area contributed by atoms with E-state index in [4.69, 9.17) is 0 Å². The van der Waals surface area contributed by atoms with E-state index in [-0.39, 0.29) is 12.5 Å². The number of unbranched alkanes of at least 4 members (excludes halogenated alkanes) is 49. The summed E-state index contributed by atoms with van der Waals surface area (Å²) in [6, 6.07) is -0.618. The van der Waals surface area contributed by atoms with E-state index in [0.29, 0.717) is 6.42 Å². The van der Waals surface area contributed by atoms with Crippen molar-refractivity contribution in [2.75, 3.05) is 6.61 Å². The number of hydrogen-bond acceptors (Lipinski definition) is 3. The summed E-state index contributed by atoms with van der Waals surface area (Å²) in [7, 11) is 0. The third kappa shape index (κ3) is 52.1. The van der Waals surface area contributed by atoms with Gasteiger partial charge in [-0.2, -0.15) is 0 Å². The lowest BCUT2D eigenvalue weighted by Crippen LogP contribution is -2.45. The molecule has 2 unspecified atom stereocenters. The summed E-state index contributed by atoms with van der Waals surface area (Å²) in [5, 5.41) is 23.2. The smallest absolute Gasteiger partial charge is 0.220 e. The minimum Gasteiger partial charge on any atom is -0.394 e. The fourth-order valence-electron chi connectivity index (χ4n) is 9.71. The van der Waals surface area contributed by atoms with Gasteiger partial charge < -0.3 is 15.5 Å². The van der Waals surface area contributed by atoms with Crippen LogP contribution in [0.4, 0.5) is 0 Å². The first-order valence-electron chi connectivity index (χ1n) is 29.9. The molecule has 0 aliphatic rings. The molecule has 0 saturated carbocycles. The average molecular weight is 903 g/mol. The van der Waals surface area contributed by atoms with E-state index in [0.717, 1.165) is 25.7 Å². The molecule has 0 radical (unpaired) electrons. The maximum absolute atomic E-state index is 12.5. The van der Waals surface area contributed by atoms with Crippen LogP contribution in [0.1, 0.15) is 348 Å². The summed E-state index contributed by atoms with van der Waals surface area (Å²) >= 11 is 0. The van der Waals surface area contributed by atoms with Crippen LogP contribution in [-0.4, -0.2) is 34.9 Å². The molecule has 0 spiro atoms. The van der Waals surface area contributed by atoms with Gasteiger partial charge in [-0.1, -0.05) is 334 Å². The van der Waals surface area contributed by atoms with E-state index in [1.807, 2.05) is 6.08 Å². The van der Waals surface area contributed by atoms with Gasteiger partial charge in [0.15, 0.2) is 0 Å². The molecule has 0 saturated heterocycles. The third-order valence-electron chi connectivity index (χ3n) is 14.3. The summed E-state index contributed by atoms with van der Waals surface area (Å²) in [6.07, 6.45) is 73.9. The second-order valence-corrected chi connectivity index (χ2v) is 20.8. The molecule has 0 fully saturated rings. The highest BCUT2D eigenvalue weighted by Gasteiger charge is 2.18. The Bertz CT molecular complexity index is 890. The van der Waals surface area contributed by atoms with Gasteiger partial charge in [-0.15, -0.1) is 0 Å². The molecule has 0 heterocycles. The second-order valence-electron chi connectivity index (χ2n) is 20.8. The number of aliphatic hydroxyl groups is 2. The quantitative estimate of drug-likeness (QED) is 0.0421. The fraction of sp³-hybridized carbons (Fsp3) is 0.950. The molecular weight excluding hydrogens is 783 g/mol. The molecule has 3 N–H and O–H groups in total. The van der Waals surface area contributed by atoms with Crippen LogP contribution < -0.4 is 5.32 Å². The van der Waals surface area contributed by atoms with Crippen molar-refractivity contribution in [3.8, 4) is 0 Å². The maximum Gasteiger partial charge on any atom is 0.220 e. The molecule has 0 aliphatic carbocycles. The summed E-state index contributed by atoms with van der Waals surface area (Å²) < 4.78 is 0. The molecule has 0 rings (SSSR count). The number of allylic oxidation sites excluding steroid dienone is 1. The Morgan fingerprint density at radius 2 is 0.578 bits per heavy atom. The normalized spacial score (nSPS) is 12.8. The Morgan fingerprint density at radius 1 is 0.359 bits per heavy atom. The molecule has 0 bridgehead atoms. The summed E-state index contributed by atoms with van der Waals surface area (Å²) in [5.41, 5.74) is 0. The lowest BCUT2D eigenvalue weighted by Gasteiger charge is -2.20. The van der Waals surface area contributed by atoms with E-state index in [1.54, 1.807) is 6.08 Å². The first kappa shape index (κ1) is 63.1. The van der Waals surface area contributed by atoms with Crippen molar-refractivity contribution in [2.24, 2.45) is 0 Å². The SMILES string of the molecule is CCCCCCCCCCCCCCCCCCCCCCC/C=C/C(O)C(CO)NC(=O)CCCCCCCCCCCCCCCCCCCCCCCCCCCCCCC. The lowest BCUT2D eigenvalue weighted by molar-refractivity contribution is -0.123. The van der Waals surface area contributed by atoms with Gasteiger partial charge in [0.2, 0.25) is 5.91 Å². The van der Waals surface area contributed by atoms with Crippen molar-refractivity contribution in [1.82, 2.24) is 5.32 Å². The Kier molecular flexibility index (Phi) is 55.7. The molecular formula is C60H119NO3. The fourth-order valence-corrected chi connectivity index (χ4v) is 9.71. The Hall–Kier alpha value is -0.870. The van der Waals surface area contributed by atoms with Crippen molar-refractivity contribution in [1.29, 1.82) is 0 Å². The molecule has 0 aliphatic heterocycles. The van der Waals surface area contributed by atoms with Crippen LogP contribution in [0.25, 0.3) is 0 Å². The Labute approximate surface area is 403 Å². The van der Waals surface area contributed by atoms with Gasteiger partial charge in [0.05, 0.1) is 18.8 Å². The van der Waals surface area contributed by atoms with Crippen molar-refractivity contribution >= 4 is 5.91 Å². The van der Waals surface area contributed by atoms with Crippen molar-refractivity contribution in [3.05, 3.63) is 12.2 Å². The topological polar surface area (TPSA) is 69.6 Å². The molecule has 382 valence electrons. The molecule has 0 aromatic heterocycles. The number of rotatable bonds is 56. The van der Waals surface area contributed by atoms with E-state index in [1.165, 1.54) is 302 Å². The van der Waals surface area contributed by atoms with Gasteiger partial charge in [-0.3, -0.25) is 4.79 Å². The van der Waals surface area contributed by atoms with Crippen LogP contribution in [0.15, 0.2) is 12.2 Å². The molecule has 0 aromatic carbocycles. The largest absolute Gasteiger partial charge is 0.394 e. The summed E-state index contributed by atoms with van der Waals surface area (Å²) in [6.45, 7) is 4.36. The summed E-state index contributed by atoms with van der Waals surface area (Å²) in [5.74, 6) is -0.0548. The van der Waals surface area contributed by atoms with E-state index in [2.05, 4.69) is 19.2 Å². The summed E-state index contributed by atoms with van der Waals surface area (Å²) in [4.78, 5) is 12.5. The second kappa shape index (κ2) is 56.5. The van der Waals surface area contributed by atoms with Crippen LogP contribution in [0.3, 0.4) is 0 Å². The van der Waals surface area contributed by atoms with E-state index < -0.39 is 12.1 Å². The van der Waals surface area contributed by atoms with Crippen molar-refractivity contribution in [3.63, 3.8) is 0 Å². The van der Waals surface area contributed by atoms with Gasteiger partial charge in [-0.05, 0) is 19.3 Å². The lowest BCUT2D eigenvalue weighted by atomic mass is 10.0. The highest BCUT2D eigenvalue weighted by molar-refractivity contribution is 5.76. The van der Waals surface area contributed by atoms with Crippen LogP contribution in [0.2, 0.25) is 0 Å². The molecule has 4 nitrogen and oxygen atoms in total. The zero-order chi connectivity index (χ0) is 46.3. The molecule has 2 atom stereocenters. The molecule has 64 heavy (non-hydrogen) atoms. The highest BCUT2D eigenvalue weighted by Crippen LogP contribution is 2.18. The minimum atomic E-state index is -0.836. The number of carbonyl (C=O) groups excluding carboxylic acids is 1. The monoisotopic (exact) mass is 902 g/mol. The van der Waals surface area contributed by atoms with Crippen molar-refractivity contribution in [2.45, 2.75) is 360 Å². The number of carbonyl (C=O) groups is 1. The number of nitrogens with one attached hydrogen (secondary N) is 1. The van der Waals surface area contributed by atoms with Gasteiger partial charge in [-0.25, -0.2) is 0 Å². The van der Waals surface area contributed by atoms with Crippen LogP contribution in [0, 0.1) is 0 Å². The van der Waals surface area contributed by atoms with Gasteiger partial charge in [0, 0.05) is 6.42 Å². The Morgan fingerprint density at radius 3 is 0.812 bits per heavy atom. The van der Waals surface area contributed by atoms with Gasteiger partial charge in [0.1, 0.15) is 0 Å². The zero-order valence-electron chi connectivity index (χ0n) is 44.1. The predicted octanol–water partition coefficient (Wildman–Crippen LogP) is 19.7.